The Bertz CT molecular complexity index is 734. The summed E-state index contributed by atoms with van der Waals surface area (Å²) in [6.07, 6.45) is 5.34. The molecule has 1 N–H and O–H groups in total. The predicted molar refractivity (Wildman–Crippen MR) is 93.5 cm³/mol. The van der Waals surface area contributed by atoms with Gasteiger partial charge in [-0.25, -0.2) is 4.79 Å². The van der Waals surface area contributed by atoms with Crippen LogP contribution in [0.15, 0.2) is 39.4 Å². The van der Waals surface area contributed by atoms with Crippen LogP contribution in [-0.4, -0.2) is 18.3 Å². The number of nitrogens with one attached hydrogen (secondary N) is 1. The minimum Gasteiger partial charge on any atom is -0.463 e. The lowest BCUT2D eigenvalue weighted by Crippen LogP contribution is -2.28. The first kappa shape index (κ1) is 17.2. The lowest BCUT2D eigenvalue weighted by Gasteiger charge is -2.28. The topological polar surface area (TPSA) is 62.1 Å². The van der Waals surface area contributed by atoms with Crippen molar-refractivity contribution in [1.82, 2.24) is 5.32 Å². The molecule has 0 unspecified atom stereocenters. The summed E-state index contributed by atoms with van der Waals surface area (Å²) in [7, 11) is 0. The largest absolute Gasteiger partial charge is 0.463 e. The second kappa shape index (κ2) is 7.92. The summed E-state index contributed by atoms with van der Waals surface area (Å²) in [6.45, 7) is 3.87. The van der Waals surface area contributed by atoms with Crippen LogP contribution in [0.1, 0.15) is 24.6 Å². The van der Waals surface area contributed by atoms with Crippen molar-refractivity contribution in [1.29, 1.82) is 5.26 Å². The number of terminal acetylenes is 1. The summed E-state index contributed by atoms with van der Waals surface area (Å²) in [5.41, 5.74) is 1.72. The molecule has 0 aliphatic carbocycles. The fraction of sp³-hybridized carbons (Fsp3) is 0.294. The minimum absolute atomic E-state index is 0.275. The monoisotopic (exact) mass is 344 g/mol. The molecule has 0 radical (unpaired) electrons. The molecular formula is C17H16N2O2S2. The Morgan fingerprint density at radius 1 is 1.61 bits per heavy atom. The van der Waals surface area contributed by atoms with Gasteiger partial charge >= 0.3 is 5.97 Å². The molecule has 0 saturated carbocycles. The number of rotatable bonds is 5. The van der Waals surface area contributed by atoms with Gasteiger partial charge in [-0.3, -0.25) is 0 Å². The van der Waals surface area contributed by atoms with Gasteiger partial charge in [-0.2, -0.15) is 5.26 Å². The highest BCUT2D eigenvalue weighted by Gasteiger charge is 2.36. The Morgan fingerprint density at radius 3 is 2.96 bits per heavy atom. The lowest BCUT2D eigenvalue weighted by molar-refractivity contribution is -0.138. The third-order valence-electron chi connectivity index (χ3n) is 3.27. The Labute approximate surface area is 144 Å². The molecule has 2 rings (SSSR count). The van der Waals surface area contributed by atoms with Gasteiger partial charge in [-0.15, -0.1) is 17.8 Å². The fourth-order valence-electron chi connectivity index (χ4n) is 2.33. The number of nitriles is 1. The van der Waals surface area contributed by atoms with Crippen molar-refractivity contribution in [3.8, 4) is 18.4 Å². The molecule has 23 heavy (non-hydrogen) atoms. The molecule has 0 fully saturated rings. The van der Waals surface area contributed by atoms with Crippen LogP contribution in [-0.2, 0) is 9.53 Å². The average Bonchev–Trinajstić information content (AvgIpc) is 3.06. The highest BCUT2D eigenvalue weighted by atomic mass is 32.2. The van der Waals surface area contributed by atoms with Gasteiger partial charge in [-0.05, 0) is 25.3 Å². The summed E-state index contributed by atoms with van der Waals surface area (Å²) in [4.78, 5) is 13.5. The van der Waals surface area contributed by atoms with Crippen LogP contribution in [0.5, 0.6) is 0 Å². The molecule has 1 aliphatic rings. The molecular weight excluding hydrogens is 328 g/mol. The molecule has 0 saturated heterocycles. The van der Waals surface area contributed by atoms with E-state index >= 15 is 0 Å². The Hall–Kier alpha value is -2.15. The lowest BCUT2D eigenvalue weighted by atomic mass is 9.87. The molecule has 0 aromatic carbocycles. The van der Waals surface area contributed by atoms with Crippen molar-refractivity contribution in [2.24, 2.45) is 0 Å². The zero-order chi connectivity index (χ0) is 16.8. The molecule has 0 spiro atoms. The van der Waals surface area contributed by atoms with E-state index < -0.39 is 11.9 Å². The average molecular weight is 344 g/mol. The Kier molecular flexibility index (Phi) is 5.92. The van der Waals surface area contributed by atoms with Crippen LogP contribution >= 0.6 is 23.1 Å². The van der Waals surface area contributed by atoms with Crippen LogP contribution in [0.4, 0.5) is 0 Å². The quantitative estimate of drug-likeness (QED) is 0.655. The smallest absolute Gasteiger partial charge is 0.337 e. The molecule has 0 bridgehead atoms. The standard InChI is InChI=1S/C17H16N2O2S2/c1-4-8-23-16-15(17(20)21-5-2)14(13-7-6-9-22-13)12(10-18)11(3)19-16/h1,6-7,9,14,19H,5,8H2,2-3H3/t14-/m1/s1. The van der Waals surface area contributed by atoms with Gasteiger partial charge < -0.3 is 10.1 Å². The van der Waals surface area contributed by atoms with E-state index in [0.29, 0.717) is 21.9 Å². The van der Waals surface area contributed by atoms with Crippen LogP contribution in [0, 0.1) is 23.7 Å². The van der Waals surface area contributed by atoms with Gasteiger partial charge in [-0.1, -0.05) is 23.7 Å². The fourth-order valence-corrected chi connectivity index (χ4v) is 3.99. The van der Waals surface area contributed by atoms with Crippen molar-refractivity contribution in [2.45, 2.75) is 19.8 Å². The molecule has 4 nitrogen and oxygen atoms in total. The number of hydrogen-bond acceptors (Lipinski definition) is 6. The summed E-state index contributed by atoms with van der Waals surface area (Å²) in [5.74, 6) is 2.15. The summed E-state index contributed by atoms with van der Waals surface area (Å²) >= 11 is 2.88. The number of esters is 1. The molecule has 6 heteroatoms. The maximum absolute atomic E-state index is 12.5. The molecule has 1 aromatic rings. The Balaban J connectivity index is 2.58. The minimum atomic E-state index is -0.418. The van der Waals surface area contributed by atoms with Gasteiger partial charge in [0.05, 0.1) is 40.5 Å². The van der Waals surface area contributed by atoms with Crippen LogP contribution < -0.4 is 5.32 Å². The maximum atomic E-state index is 12.5. The molecule has 1 aliphatic heterocycles. The number of thioether (sulfide) groups is 1. The maximum Gasteiger partial charge on any atom is 0.337 e. The number of hydrogen-bond donors (Lipinski definition) is 1. The van der Waals surface area contributed by atoms with Crippen LogP contribution in [0.25, 0.3) is 0 Å². The van der Waals surface area contributed by atoms with E-state index in [1.54, 1.807) is 6.92 Å². The Morgan fingerprint density at radius 2 is 2.39 bits per heavy atom. The van der Waals surface area contributed by atoms with Gasteiger partial charge in [0.2, 0.25) is 0 Å². The first-order valence-corrected chi connectivity index (χ1v) is 8.89. The third kappa shape index (κ3) is 3.61. The number of nitrogens with zero attached hydrogens (tertiary/aromatic N) is 1. The SMILES string of the molecule is C#CCSC1=C(C(=O)OCC)[C@@H](c2cccs2)C(C#N)=C(C)N1. The molecule has 118 valence electrons. The van der Waals surface area contributed by atoms with Gasteiger partial charge in [0.15, 0.2) is 0 Å². The molecule has 0 amide bonds. The zero-order valence-corrected chi connectivity index (χ0v) is 14.5. The van der Waals surface area contributed by atoms with E-state index in [4.69, 9.17) is 11.2 Å². The van der Waals surface area contributed by atoms with E-state index in [1.165, 1.54) is 23.1 Å². The highest BCUT2D eigenvalue weighted by molar-refractivity contribution is 8.03. The number of ether oxygens (including phenoxy) is 1. The third-order valence-corrected chi connectivity index (χ3v) is 5.13. The van der Waals surface area contributed by atoms with Gasteiger partial charge in [0, 0.05) is 10.6 Å². The normalized spacial score (nSPS) is 17.3. The van der Waals surface area contributed by atoms with Crippen LogP contribution in [0.3, 0.4) is 0 Å². The highest BCUT2D eigenvalue weighted by Crippen LogP contribution is 2.42. The van der Waals surface area contributed by atoms with Crippen molar-refractivity contribution < 1.29 is 9.53 Å². The second-order valence-corrected chi connectivity index (χ2v) is 6.64. The predicted octanol–water partition coefficient (Wildman–Crippen LogP) is 3.37. The van der Waals surface area contributed by atoms with Crippen molar-refractivity contribution in [2.75, 3.05) is 12.4 Å². The van der Waals surface area contributed by atoms with Gasteiger partial charge in [0.25, 0.3) is 0 Å². The summed E-state index contributed by atoms with van der Waals surface area (Å²) < 4.78 is 5.22. The molecule has 1 aromatic heterocycles. The summed E-state index contributed by atoms with van der Waals surface area (Å²) in [6, 6.07) is 6.06. The van der Waals surface area contributed by atoms with Crippen molar-refractivity contribution >= 4 is 29.1 Å². The number of carbonyl (C=O) groups is 1. The first-order chi connectivity index (χ1) is 11.1. The van der Waals surface area contributed by atoms with E-state index in [1.807, 2.05) is 24.4 Å². The van der Waals surface area contributed by atoms with Crippen molar-refractivity contribution in [3.63, 3.8) is 0 Å². The molecule has 2 heterocycles. The van der Waals surface area contributed by atoms with E-state index in [9.17, 15) is 10.1 Å². The van der Waals surface area contributed by atoms with E-state index in [2.05, 4.69) is 17.3 Å². The van der Waals surface area contributed by atoms with Gasteiger partial charge in [0.1, 0.15) is 0 Å². The van der Waals surface area contributed by atoms with Crippen LogP contribution in [0.2, 0.25) is 0 Å². The summed E-state index contributed by atoms with van der Waals surface area (Å²) in [5, 5.41) is 15.3. The first-order valence-electron chi connectivity index (χ1n) is 7.02. The van der Waals surface area contributed by atoms with Crippen molar-refractivity contribution in [3.05, 3.63) is 44.3 Å². The van der Waals surface area contributed by atoms with E-state index in [-0.39, 0.29) is 6.61 Å². The van der Waals surface area contributed by atoms with E-state index in [0.717, 1.165) is 10.6 Å². The zero-order valence-electron chi connectivity index (χ0n) is 12.9. The number of thiophene rings is 1. The molecule has 1 atom stereocenters. The second-order valence-electron chi connectivity index (χ2n) is 4.68. The number of dihydropyridines is 1. The number of carbonyl (C=O) groups excluding carboxylic acids is 1. The number of allylic oxidation sites excluding steroid dienone is 2.